The molecule has 0 aliphatic rings. The molecule has 8 heteroatoms. The molecule has 0 aliphatic heterocycles. The molecule has 1 N–H and O–H groups in total. The van der Waals surface area contributed by atoms with Crippen LogP contribution in [0.2, 0.25) is 0 Å². The number of benzene rings is 3. The quantitative estimate of drug-likeness (QED) is 0.245. The Labute approximate surface area is 245 Å². The van der Waals surface area contributed by atoms with Gasteiger partial charge in [0.05, 0.1) is 11.9 Å². The van der Waals surface area contributed by atoms with Crippen LogP contribution in [0.5, 0.6) is 0 Å². The van der Waals surface area contributed by atoms with Crippen LogP contribution in [0.1, 0.15) is 54.9 Å². The number of amides is 2. The van der Waals surface area contributed by atoms with Crippen LogP contribution in [0.25, 0.3) is 0 Å². The average Bonchev–Trinajstić information content (AvgIpc) is 2.94. The Bertz CT molecular complexity index is 1380. The molecule has 0 aliphatic carbocycles. The molecule has 0 saturated heterocycles. The van der Waals surface area contributed by atoms with Gasteiger partial charge in [-0.15, -0.1) is 0 Å². The predicted molar refractivity (Wildman–Crippen MR) is 166 cm³/mol. The Kier molecular flexibility index (Phi) is 12.0. The number of carbonyl (C=O) groups excluding carboxylic acids is 2. The topological polar surface area (TPSA) is 86.8 Å². The smallest absolute Gasteiger partial charge is 0.243 e. The Balaban J connectivity index is 1.87. The SMILES string of the molecule is CCCCNC(=O)C(Cc1ccccc1)N(Cc1ccc(C)cc1)C(=O)CCCN(c1ccccc1C)S(C)(=O)=O. The largest absolute Gasteiger partial charge is 0.354 e. The van der Waals surface area contributed by atoms with E-state index in [1.165, 1.54) is 10.6 Å². The van der Waals surface area contributed by atoms with E-state index < -0.39 is 16.1 Å². The van der Waals surface area contributed by atoms with Crippen LogP contribution >= 0.6 is 0 Å². The molecule has 0 radical (unpaired) electrons. The van der Waals surface area contributed by atoms with Crippen LogP contribution in [0.3, 0.4) is 0 Å². The molecule has 0 aromatic heterocycles. The van der Waals surface area contributed by atoms with E-state index in [-0.39, 0.29) is 31.3 Å². The standard InChI is InChI=1S/C33H43N3O4S/c1-5-6-22-34-33(38)31(24-28-14-8-7-9-15-28)35(25-29-20-18-26(2)19-21-29)32(37)17-12-23-36(41(4,39)40)30-16-11-10-13-27(30)3/h7-11,13-16,18-21,31H,5-6,12,17,22-25H2,1-4H3,(H,34,38). The maximum absolute atomic E-state index is 13.9. The summed E-state index contributed by atoms with van der Waals surface area (Å²) in [6, 6.07) is 24.3. The summed E-state index contributed by atoms with van der Waals surface area (Å²) in [6.07, 6.45) is 3.80. The van der Waals surface area contributed by atoms with Gasteiger partial charge in [-0.3, -0.25) is 13.9 Å². The highest BCUT2D eigenvalue weighted by atomic mass is 32.2. The van der Waals surface area contributed by atoms with Gasteiger partial charge in [-0.25, -0.2) is 8.42 Å². The van der Waals surface area contributed by atoms with Crippen LogP contribution in [0.15, 0.2) is 78.9 Å². The van der Waals surface area contributed by atoms with E-state index >= 15 is 0 Å². The number of rotatable bonds is 15. The molecule has 0 saturated carbocycles. The lowest BCUT2D eigenvalue weighted by Gasteiger charge is -2.32. The maximum atomic E-state index is 13.9. The van der Waals surface area contributed by atoms with Gasteiger partial charge in [0.1, 0.15) is 6.04 Å². The minimum absolute atomic E-state index is 0.108. The lowest BCUT2D eigenvalue weighted by atomic mass is 10.0. The summed E-state index contributed by atoms with van der Waals surface area (Å²) in [7, 11) is -3.55. The molecule has 3 aromatic rings. The summed E-state index contributed by atoms with van der Waals surface area (Å²) in [5.74, 6) is -0.365. The van der Waals surface area contributed by atoms with Gasteiger partial charge in [0.15, 0.2) is 0 Å². The van der Waals surface area contributed by atoms with Gasteiger partial charge < -0.3 is 10.2 Å². The third kappa shape index (κ3) is 9.74. The van der Waals surface area contributed by atoms with E-state index in [9.17, 15) is 18.0 Å². The van der Waals surface area contributed by atoms with Crippen molar-refractivity contribution in [3.8, 4) is 0 Å². The molecule has 0 bridgehead atoms. The molecule has 0 heterocycles. The lowest BCUT2D eigenvalue weighted by molar-refractivity contribution is -0.141. The van der Waals surface area contributed by atoms with Gasteiger partial charge in [-0.1, -0.05) is 91.7 Å². The van der Waals surface area contributed by atoms with Gasteiger partial charge >= 0.3 is 0 Å². The molecule has 220 valence electrons. The average molecular weight is 578 g/mol. The van der Waals surface area contributed by atoms with Crippen molar-refractivity contribution in [2.75, 3.05) is 23.7 Å². The summed E-state index contributed by atoms with van der Waals surface area (Å²) in [5, 5.41) is 3.04. The van der Waals surface area contributed by atoms with Crippen LogP contribution in [-0.4, -0.2) is 50.5 Å². The number of carbonyl (C=O) groups is 2. The number of nitrogens with one attached hydrogen (secondary N) is 1. The first-order valence-electron chi connectivity index (χ1n) is 14.3. The fourth-order valence-electron chi connectivity index (χ4n) is 4.78. The van der Waals surface area contributed by atoms with Crippen molar-refractivity contribution in [2.24, 2.45) is 0 Å². The first kappa shape index (κ1) is 31.9. The summed E-state index contributed by atoms with van der Waals surface area (Å²) >= 11 is 0. The third-order valence-corrected chi connectivity index (χ3v) is 8.29. The van der Waals surface area contributed by atoms with E-state index in [0.717, 1.165) is 35.1 Å². The van der Waals surface area contributed by atoms with Crippen molar-refractivity contribution in [1.29, 1.82) is 0 Å². The molecule has 1 atom stereocenters. The van der Waals surface area contributed by atoms with Crippen molar-refractivity contribution in [3.63, 3.8) is 0 Å². The molecular weight excluding hydrogens is 534 g/mol. The van der Waals surface area contributed by atoms with Crippen LogP contribution < -0.4 is 9.62 Å². The van der Waals surface area contributed by atoms with Crippen LogP contribution in [0, 0.1) is 13.8 Å². The van der Waals surface area contributed by atoms with Crippen molar-refractivity contribution in [1.82, 2.24) is 10.2 Å². The summed E-state index contributed by atoms with van der Waals surface area (Å²) < 4.78 is 26.7. The Hall–Kier alpha value is -3.65. The normalized spacial score (nSPS) is 12.0. The summed E-state index contributed by atoms with van der Waals surface area (Å²) in [6.45, 7) is 6.94. The number of hydrogen-bond acceptors (Lipinski definition) is 4. The Morgan fingerprint density at radius 3 is 2.15 bits per heavy atom. The highest BCUT2D eigenvalue weighted by Gasteiger charge is 2.30. The van der Waals surface area contributed by atoms with E-state index in [1.807, 2.05) is 80.6 Å². The van der Waals surface area contributed by atoms with Crippen molar-refractivity contribution in [3.05, 3.63) is 101 Å². The van der Waals surface area contributed by atoms with Crippen LogP contribution in [-0.2, 0) is 32.6 Å². The number of aryl methyl sites for hydroxylation is 2. The molecular formula is C33H43N3O4S. The Morgan fingerprint density at radius 2 is 1.51 bits per heavy atom. The van der Waals surface area contributed by atoms with E-state index in [0.29, 0.717) is 25.1 Å². The molecule has 2 amide bonds. The summed E-state index contributed by atoms with van der Waals surface area (Å²) in [4.78, 5) is 29.1. The minimum atomic E-state index is -3.55. The molecule has 3 rings (SSSR count). The zero-order chi connectivity index (χ0) is 29.8. The number of para-hydroxylation sites is 1. The second-order valence-corrected chi connectivity index (χ2v) is 12.5. The second kappa shape index (κ2) is 15.4. The molecule has 0 spiro atoms. The second-order valence-electron chi connectivity index (χ2n) is 10.6. The fourth-order valence-corrected chi connectivity index (χ4v) is 5.80. The van der Waals surface area contributed by atoms with Crippen molar-refractivity contribution < 1.29 is 18.0 Å². The fraction of sp³-hybridized carbons (Fsp3) is 0.394. The number of anilines is 1. The molecule has 7 nitrogen and oxygen atoms in total. The van der Waals surface area contributed by atoms with E-state index in [1.54, 1.807) is 17.0 Å². The van der Waals surface area contributed by atoms with Gasteiger partial charge in [-0.2, -0.15) is 0 Å². The van der Waals surface area contributed by atoms with Crippen LogP contribution in [0.4, 0.5) is 5.69 Å². The maximum Gasteiger partial charge on any atom is 0.243 e. The van der Waals surface area contributed by atoms with Gasteiger partial charge in [-0.05, 0) is 49.4 Å². The number of unbranched alkanes of at least 4 members (excludes halogenated alkanes) is 1. The van der Waals surface area contributed by atoms with E-state index in [2.05, 4.69) is 12.2 Å². The monoisotopic (exact) mass is 577 g/mol. The molecule has 1 unspecified atom stereocenters. The van der Waals surface area contributed by atoms with Gasteiger partial charge in [0, 0.05) is 32.5 Å². The number of nitrogens with zero attached hydrogens (tertiary/aromatic N) is 2. The minimum Gasteiger partial charge on any atom is -0.354 e. The van der Waals surface area contributed by atoms with Gasteiger partial charge in [0.2, 0.25) is 21.8 Å². The zero-order valence-electron chi connectivity index (χ0n) is 24.7. The lowest BCUT2D eigenvalue weighted by Crippen LogP contribution is -2.50. The van der Waals surface area contributed by atoms with E-state index in [4.69, 9.17) is 0 Å². The molecule has 41 heavy (non-hydrogen) atoms. The predicted octanol–water partition coefficient (Wildman–Crippen LogP) is 5.41. The highest BCUT2D eigenvalue weighted by molar-refractivity contribution is 7.92. The molecule has 0 fully saturated rings. The van der Waals surface area contributed by atoms with Crippen molar-refractivity contribution in [2.45, 2.75) is 65.5 Å². The van der Waals surface area contributed by atoms with Crippen molar-refractivity contribution >= 4 is 27.5 Å². The highest BCUT2D eigenvalue weighted by Crippen LogP contribution is 2.23. The zero-order valence-corrected chi connectivity index (χ0v) is 25.5. The first-order valence-corrected chi connectivity index (χ1v) is 16.1. The summed E-state index contributed by atoms with van der Waals surface area (Å²) in [5.41, 5.74) is 4.46. The Morgan fingerprint density at radius 1 is 0.854 bits per heavy atom. The molecule has 3 aromatic carbocycles. The number of hydrogen-bond donors (Lipinski definition) is 1. The number of sulfonamides is 1. The van der Waals surface area contributed by atoms with Gasteiger partial charge in [0.25, 0.3) is 0 Å². The first-order chi connectivity index (χ1) is 19.6. The third-order valence-electron chi connectivity index (χ3n) is 7.11.